The normalized spacial score (nSPS) is 15.1. The van der Waals surface area contributed by atoms with Gasteiger partial charge in [0, 0.05) is 38.2 Å². The molecule has 2 aromatic carbocycles. The van der Waals surface area contributed by atoms with Crippen molar-refractivity contribution in [2.75, 3.05) is 40.4 Å². The molecule has 3 aromatic rings. The van der Waals surface area contributed by atoms with Crippen molar-refractivity contribution in [2.45, 2.75) is 25.4 Å². The summed E-state index contributed by atoms with van der Waals surface area (Å²) in [6, 6.07) is 11.0. The number of aliphatic hydroxyl groups excluding tert-OH is 1. The molecule has 4 rings (SSSR count). The second-order valence-corrected chi connectivity index (χ2v) is 7.98. The molecule has 8 nitrogen and oxygen atoms in total. The second-order valence-electron chi connectivity index (χ2n) is 7.98. The molecular formula is C24H29N3O5. The Kier molecular flexibility index (Phi) is 6.92. The van der Waals surface area contributed by atoms with E-state index in [1.807, 2.05) is 18.2 Å². The third-order valence-electron chi connectivity index (χ3n) is 5.77. The van der Waals surface area contributed by atoms with Crippen LogP contribution in [0.5, 0.6) is 11.5 Å². The highest BCUT2D eigenvalue weighted by atomic mass is 16.5. The van der Waals surface area contributed by atoms with Gasteiger partial charge in [0.25, 0.3) is 5.91 Å². The Morgan fingerprint density at radius 1 is 1.16 bits per heavy atom. The largest absolute Gasteiger partial charge is 0.493 e. The number of carbonyl (C=O) groups excluding carboxylic acids is 1. The lowest BCUT2D eigenvalue weighted by Crippen LogP contribution is -2.40. The van der Waals surface area contributed by atoms with Crippen LogP contribution in [0.25, 0.3) is 11.1 Å². The van der Waals surface area contributed by atoms with Crippen molar-refractivity contribution in [3.8, 4) is 11.5 Å². The van der Waals surface area contributed by atoms with Crippen molar-refractivity contribution in [3.05, 3.63) is 53.4 Å². The first-order valence-corrected chi connectivity index (χ1v) is 10.8. The van der Waals surface area contributed by atoms with Gasteiger partial charge in [0.2, 0.25) is 0 Å². The van der Waals surface area contributed by atoms with E-state index < -0.39 is 0 Å². The van der Waals surface area contributed by atoms with E-state index in [1.54, 1.807) is 32.4 Å². The maximum Gasteiger partial charge on any atom is 0.251 e. The van der Waals surface area contributed by atoms with Crippen LogP contribution in [0.2, 0.25) is 0 Å². The minimum absolute atomic E-state index is 0.137. The molecule has 8 heteroatoms. The zero-order valence-corrected chi connectivity index (χ0v) is 18.5. The Balaban J connectivity index is 1.37. The standard InChI is InChI=1S/C24H29N3O5/c1-30-20-6-3-16(13-22(20)31-2)14-23-26-19-5-4-17(15-21(19)32-23)24(29)25-9-12-27-10-7-18(28)8-11-27/h3-6,13,15,18,28H,7-12,14H2,1-2H3,(H,25,29). The fourth-order valence-electron chi connectivity index (χ4n) is 3.93. The lowest BCUT2D eigenvalue weighted by Gasteiger charge is -2.29. The van der Waals surface area contributed by atoms with Gasteiger partial charge in [-0.1, -0.05) is 6.07 Å². The highest BCUT2D eigenvalue weighted by Gasteiger charge is 2.17. The number of rotatable bonds is 8. The third kappa shape index (κ3) is 5.20. The Labute approximate surface area is 187 Å². The Morgan fingerprint density at radius 3 is 2.69 bits per heavy atom. The quantitative estimate of drug-likeness (QED) is 0.557. The van der Waals surface area contributed by atoms with E-state index >= 15 is 0 Å². The number of amides is 1. The van der Waals surface area contributed by atoms with Gasteiger partial charge in [0.15, 0.2) is 23.0 Å². The number of benzene rings is 2. The van der Waals surface area contributed by atoms with Crippen LogP contribution in [0, 0.1) is 0 Å². The molecule has 0 spiro atoms. The third-order valence-corrected chi connectivity index (χ3v) is 5.77. The molecule has 2 heterocycles. The lowest BCUT2D eigenvalue weighted by atomic mass is 10.1. The summed E-state index contributed by atoms with van der Waals surface area (Å²) in [5.74, 6) is 1.75. The monoisotopic (exact) mass is 439 g/mol. The molecule has 0 bridgehead atoms. The van der Waals surface area contributed by atoms with Gasteiger partial charge in [-0.3, -0.25) is 4.79 Å². The molecule has 32 heavy (non-hydrogen) atoms. The zero-order valence-electron chi connectivity index (χ0n) is 18.5. The molecule has 1 aliphatic rings. The Hall–Kier alpha value is -3.10. The predicted molar refractivity (Wildman–Crippen MR) is 120 cm³/mol. The van der Waals surface area contributed by atoms with Crippen LogP contribution < -0.4 is 14.8 Å². The number of carbonyl (C=O) groups is 1. The van der Waals surface area contributed by atoms with Gasteiger partial charge in [-0.15, -0.1) is 0 Å². The van der Waals surface area contributed by atoms with Crippen LogP contribution in [0.4, 0.5) is 0 Å². The minimum atomic E-state index is -0.189. The molecule has 0 radical (unpaired) electrons. The summed E-state index contributed by atoms with van der Waals surface area (Å²) in [6.07, 6.45) is 1.90. The van der Waals surface area contributed by atoms with Gasteiger partial charge in [0.1, 0.15) is 5.52 Å². The molecule has 0 unspecified atom stereocenters. The number of hydrogen-bond donors (Lipinski definition) is 2. The van der Waals surface area contributed by atoms with Crippen molar-refractivity contribution in [2.24, 2.45) is 0 Å². The maximum absolute atomic E-state index is 12.6. The number of likely N-dealkylation sites (tertiary alicyclic amines) is 1. The number of nitrogens with one attached hydrogen (secondary N) is 1. The van der Waals surface area contributed by atoms with E-state index in [0.29, 0.717) is 47.0 Å². The number of ether oxygens (including phenoxy) is 2. The smallest absolute Gasteiger partial charge is 0.251 e. The predicted octanol–water partition coefficient (Wildman–Crippen LogP) is 2.62. The fraction of sp³-hybridized carbons (Fsp3) is 0.417. The van der Waals surface area contributed by atoms with Crippen molar-refractivity contribution < 1.29 is 23.8 Å². The average molecular weight is 440 g/mol. The summed E-state index contributed by atoms with van der Waals surface area (Å²) in [5, 5.41) is 12.5. The second kappa shape index (κ2) is 10.0. The van der Waals surface area contributed by atoms with E-state index in [9.17, 15) is 9.90 Å². The van der Waals surface area contributed by atoms with Crippen LogP contribution in [-0.2, 0) is 6.42 Å². The molecule has 1 fully saturated rings. The van der Waals surface area contributed by atoms with Gasteiger partial charge in [-0.25, -0.2) is 4.98 Å². The summed E-state index contributed by atoms with van der Waals surface area (Å²) in [5.41, 5.74) is 2.82. The molecule has 0 aliphatic carbocycles. The number of methoxy groups -OCH3 is 2. The van der Waals surface area contributed by atoms with Crippen LogP contribution in [-0.4, -0.2) is 67.4 Å². The first kappa shape index (κ1) is 22.1. The molecule has 2 N–H and O–H groups in total. The summed E-state index contributed by atoms with van der Waals surface area (Å²) < 4.78 is 16.5. The molecular weight excluding hydrogens is 410 g/mol. The molecule has 1 aliphatic heterocycles. The number of aromatic nitrogens is 1. The van der Waals surface area contributed by atoms with Crippen LogP contribution in [0.15, 0.2) is 40.8 Å². The average Bonchev–Trinajstić information content (AvgIpc) is 3.21. The van der Waals surface area contributed by atoms with Crippen molar-refractivity contribution in [1.29, 1.82) is 0 Å². The summed E-state index contributed by atoms with van der Waals surface area (Å²) in [6.45, 7) is 3.07. The number of fused-ring (bicyclic) bond motifs is 1. The van der Waals surface area contributed by atoms with E-state index in [1.165, 1.54) is 0 Å². The zero-order chi connectivity index (χ0) is 22.5. The number of hydrogen-bond acceptors (Lipinski definition) is 7. The fourth-order valence-corrected chi connectivity index (χ4v) is 3.93. The van der Waals surface area contributed by atoms with E-state index in [0.717, 1.165) is 38.0 Å². The van der Waals surface area contributed by atoms with Crippen LogP contribution in [0.1, 0.15) is 34.7 Å². The van der Waals surface area contributed by atoms with E-state index in [4.69, 9.17) is 13.9 Å². The molecule has 1 saturated heterocycles. The highest BCUT2D eigenvalue weighted by Crippen LogP contribution is 2.29. The summed E-state index contributed by atoms with van der Waals surface area (Å²) in [4.78, 5) is 19.3. The topological polar surface area (TPSA) is 97.1 Å². The molecule has 170 valence electrons. The van der Waals surface area contributed by atoms with Gasteiger partial charge >= 0.3 is 0 Å². The van der Waals surface area contributed by atoms with E-state index in [-0.39, 0.29) is 12.0 Å². The van der Waals surface area contributed by atoms with Gasteiger partial charge < -0.3 is 29.2 Å². The SMILES string of the molecule is COc1ccc(Cc2nc3ccc(C(=O)NCCN4CCC(O)CC4)cc3o2)cc1OC. The Bertz CT molecular complexity index is 1070. The Morgan fingerprint density at radius 2 is 1.94 bits per heavy atom. The van der Waals surface area contributed by atoms with Gasteiger partial charge in [-0.05, 0) is 48.7 Å². The van der Waals surface area contributed by atoms with Crippen LogP contribution in [0.3, 0.4) is 0 Å². The number of oxazole rings is 1. The number of aliphatic hydroxyl groups is 1. The summed E-state index contributed by atoms with van der Waals surface area (Å²) >= 11 is 0. The number of nitrogens with zero attached hydrogens (tertiary/aromatic N) is 2. The van der Waals surface area contributed by atoms with Crippen molar-refractivity contribution >= 4 is 17.0 Å². The first-order chi connectivity index (χ1) is 15.6. The molecule has 1 aromatic heterocycles. The number of piperidine rings is 1. The minimum Gasteiger partial charge on any atom is -0.493 e. The molecule has 0 saturated carbocycles. The molecule has 1 amide bonds. The first-order valence-electron chi connectivity index (χ1n) is 10.8. The lowest BCUT2D eigenvalue weighted by molar-refractivity contribution is 0.0804. The van der Waals surface area contributed by atoms with Gasteiger partial charge in [-0.2, -0.15) is 0 Å². The van der Waals surface area contributed by atoms with Gasteiger partial charge in [0.05, 0.1) is 20.3 Å². The molecule has 0 atom stereocenters. The van der Waals surface area contributed by atoms with Crippen molar-refractivity contribution in [1.82, 2.24) is 15.2 Å². The highest BCUT2D eigenvalue weighted by molar-refractivity contribution is 5.97. The van der Waals surface area contributed by atoms with Crippen molar-refractivity contribution in [3.63, 3.8) is 0 Å². The maximum atomic E-state index is 12.6. The van der Waals surface area contributed by atoms with E-state index in [2.05, 4.69) is 15.2 Å². The summed E-state index contributed by atoms with van der Waals surface area (Å²) in [7, 11) is 3.20. The van der Waals surface area contributed by atoms with Crippen LogP contribution >= 0.6 is 0 Å².